The first-order valence-corrected chi connectivity index (χ1v) is 23.5. The molecule has 6 rings (SSSR count). The molecule has 0 radical (unpaired) electrons. The molecule has 3 aliphatic heterocycles. The van der Waals surface area contributed by atoms with Gasteiger partial charge in [0, 0.05) is 43.2 Å². The lowest BCUT2D eigenvalue weighted by molar-refractivity contribution is -0.684. The van der Waals surface area contributed by atoms with Gasteiger partial charge >= 0.3 is 19.4 Å². The molecule has 2 aromatic carbocycles. The molecule has 17 nitrogen and oxygen atoms in total. The molecule has 334 valence electrons. The van der Waals surface area contributed by atoms with E-state index in [1.807, 2.05) is 43.6 Å². The third kappa shape index (κ3) is 9.96. The zero-order valence-electron chi connectivity index (χ0n) is 35.8. The van der Waals surface area contributed by atoms with E-state index in [1.54, 1.807) is 48.5 Å². The van der Waals surface area contributed by atoms with Gasteiger partial charge in [-0.15, -0.1) is 5.06 Å². The Kier molecular flexibility index (Phi) is 13.6. The highest BCUT2D eigenvalue weighted by atomic mass is 32.2. The molecule has 3 N–H and O–H groups in total. The van der Waals surface area contributed by atoms with Crippen molar-refractivity contribution < 1.29 is 60.7 Å². The molecular formula is C44H51N5O12PS+. The number of aliphatic imine (C=N–C) groups is 1. The highest BCUT2D eigenvalue weighted by Crippen LogP contribution is 2.51. The van der Waals surface area contributed by atoms with E-state index in [4.69, 9.17) is 14.7 Å². The Labute approximate surface area is 365 Å². The van der Waals surface area contributed by atoms with Gasteiger partial charge in [-0.2, -0.15) is 8.42 Å². The number of anilines is 1. The number of hydrogen-bond donors (Lipinski definition) is 3. The van der Waals surface area contributed by atoms with Crippen LogP contribution in [0.5, 0.6) is 0 Å². The number of hydrogen-bond acceptors (Lipinski definition) is 11. The summed E-state index contributed by atoms with van der Waals surface area (Å²) in [7, 11) is -6.19. The minimum absolute atomic E-state index is 0.0581. The molecule has 0 aliphatic carbocycles. The Balaban J connectivity index is 1.35. The van der Waals surface area contributed by atoms with Gasteiger partial charge < -0.3 is 19.5 Å². The minimum Gasteiger partial charge on any atom is -0.343 e. The predicted octanol–water partition coefficient (Wildman–Crippen LogP) is 5.43. The van der Waals surface area contributed by atoms with Gasteiger partial charge in [0.15, 0.2) is 5.71 Å². The van der Waals surface area contributed by atoms with Crippen molar-refractivity contribution in [2.45, 2.75) is 82.1 Å². The third-order valence-electron chi connectivity index (χ3n) is 11.5. The van der Waals surface area contributed by atoms with E-state index < -0.39 is 52.5 Å². The molecule has 0 spiro atoms. The van der Waals surface area contributed by atoms with Crippen LogP contribution in [0.15, 0.2) is 101 Å². The predicted molar refractivity (Wildman–Crippen MR) is 232 cm³/mol. The van der Waals surface area contributed by atoms with Gasteiger partial charge in [-0.05, 0) is 98.3 Å². The molecule has 1 saturated heterocycles. The SMILES string of the molecule is CCCC[n+]1cc(C(=O)N(C)OC)cc2c1N=C(/C=C/C=C/C=C1/N(CCP(=O)(O)O)c3ccc(S(=O)(=O)O)cc3C1(C)Cc1ccc(C(=O)ON3C(=O)CCC3=O)cc1)C2(C)C. The Morgan fingerprint density at radius 1 is 0.984 bits per heavy atom. The highest BCUT2D eigenvalue weighted by Gasteiger charge is 2.45. The first-order valence-electron chi connectivity index (χ1n) is 20.2. The number of amides is 3. The van der Waals surface area contributed by atoms with E-state index in [0.717, 1.165) is 29.9 Å². The van der Waals surface area contributed by atoms with Crippen molar-refractivity contribution in [2.75, 3.05) is 31.8 Å². The van der Waals surface area contributed by atoms with Gasteiger partial charge in [-0.1, -0.05) is 43.7 Å². The molecule has 63 heavy (non-hydrogen) atoms. The van der Waals surface area contributed by atoms with Crippen LogP contribution >= 0.6 is 7.60 Å². The maximum Gasteiger partial charge on any atom is 0.363 e. The maximum absolute atomic E-state index is 13.2. The lowest BCUT2D eigenvalue weighted by atomic mass is 9.76. The average Bonchev–Trinajstić information content (AvgIpc) is 3.77. The quantitative estimate of drug-likeness (QED) is 0.0408. The number of imide groups is 1. The number of fused-ring (bicyclic) bond motifs is 2. The molecular weight excluding hydrogens is 854 g/mol. The van der Waals surface area contributed by atoms with Gasteiger partial charge in [-0.25, -0.2) is 14.4 Å². The van der Waals surface area contributed by atoms with Crippen molar-refractivity contribution in [1.82, 2.24) is 10.1 Å². The van der Waals surface area contributed by atoms with Crippen molar-refractivity contribution >= 4 is 58.6 Å². The van der Waals surface area contributed by atoms with Crippen molar-refractivity contribution in [1.29, 1.82) is 0 Å². The number of allylic oxidation sites excluding steroid dienone is 6. The molecule has 1 aromatic heterocycles. The molecule has 1 fully saturated rings. The van der Waals surface area contributed by atoms with Crippen LogP contribution in [0.4, 0.5) is 11.5 Å². The van der Waals surface area contributed by atoms with Crippen LogP contribution in [0.2, 0.25) is 0 Å². The van der Waals surface area contributed by atoms with Crippen LogP contribution in [-0.4, -0.2) is 89.2 Å². The molecule has 0 saturated carbocycles. The summed E-state index contributed by atoms with van der Waals surface area (Å²) >= 11 is 0. The Morgan fingerprint density at radius 3 is 2.29 bits per heavy atom. The zero-order valence-corrected chi connectivity index (χ0v) is 37.6. The Hall–Kier alpha value is -5.62. The number of hydroxylamine groups is 4. The Morgan fingerprint density at radius 2 is 1.67 bits per heavy atom. The summed E-state index contributed by atoms with van der Waals surface area (Å²) in [5.74, 6) is -1.69. The number of nitrogens with zero attached hydrogens (tertiary/aromatic N) is 5. The molecule has 3 amide bonds. The molecule has 3 aromatic rings. The summed E-state index contributed by atoms with van der Waals surface area (Å²) in [4.78, 5) is 86.4. The fourth-order valence-corrected chi connectivity index (χ4v) is 8.88. The van der Waals surface area contributed by atoms with Gasteiger partial charge in [0.25, 0.3) is 27.8 Å². The monoisotopic (exact) mass is 904 g/mol. The lowest BCUT2D eigenvalue weighted by Crippen LogP contribution is -2.38. The van der Waals surface area contributed by atoms with E-state index in [-0.39, 0.29) is 42.2 Å². The second kappa shape index (κ2) is 18.2. The fourth-order valence-electron chi connectivity index (χ4n) is 7.91. The van der Waals surface area contributed by atoms with Gasteiger partial charge in [0.2, 0.25) is 0 Å². The first kappa shape index (κ1) is 46.9. The number of benzene rings is 2. The van der Waals surface area contributed by atoms with Crippen LogP contribution in [0, 0.1) is 0 Å². The summed E-state index contributed by atoms with van der Waals surface area (Å²) in [6.45, 7) is 8.49. The molecule has 0 bridgehead atoms. The van der Waals surface area contributed by atoms with Crippen LogP contribution in [0.3, 0.4) is 0 Å². The van der Waals surface area contributed by atoms with Crippen LogP contribution < -0.4 is 9.47 Å². The van der Waals surface area contributed by atoms with E-state index in [1.165, 1.54) is 42.5 Å². The number of unbranched alkanes of at least 4 members (excludes halogenated alkanes) is 1. The summed E-state index contributed by atoms with van der Waals surface area (Å²) in [6, 6.07) is 12.1. The first-order chi connectivity index (χ1) is 29.6. The average molecular weight is 905 g/mol. The normalized spacial score (nSPS) is 19.1. The van der Waals surface area contributed by atoms with E-state index >= 15 is 0 Å². The smallest absolute Gasteiger partial charge is 0.343 e. The molecule has 4 heterocycles. The van der Waals surface area contributed by atoms with Crippen LogP contribution in [-0.2, 0) is 57.7 Å². The number of carbonyl (C=O) groups is 4. The summed E-state index contributed by atoms with van der Waals surface area (Å²) in [6.07, 6.45) is 12.1. The summed E-state index contributed by atoms with van der Waals surface area (Å²) in [5, 5.41) is 1.63. The molecule has 1 atom stereocenters. The van der Waals surface area contributed by atoms with E-state index in [0.29, 0.717) is 39.7 Å². The summed E-state index contributed by atoms with van der Waals surface area (Å²) in [5.41, 5.74) is 2.64. The highest BCUT2D eigenvalue weighted by molar-refractivity contribution is 7.85. The van der Waals surface area contributed by atoms with Crippen molar-refractivity contribution in [2.24, 2.45) is 4.99 Å². The Bertz CT molecular complexity index is 2620. The van der Waals surface area contributed by atoms with Gasteiger partial charge in [0.05, 0.1) is 46.8 Å². The third-order valence-corrected chi connectivity index (χ3v) is 13.1. The van der Waals surface area contributed by atoms with Crippen molar-refractivity contribution in [3.63, 3.8) is 0 Å². The van der Waals surface area contributed by atoms with E-state index in [9.17, 15) is 46.5 Å². The van der Waals surface area contributed by atoms with E-state index in [2.05, 4.69) is 6.92 Å². The largest absolute Gasteiger partial charge is 0.363 e. The van der Waals surface area contributed by atoms with Crippen LogP contribution in [0.25, 0.3) is 0 Å². The number of rotatable bonds is 16. The second-order valence-corrected chi connectivity index (χ2v) is 19.5. The topological polar surface area (TPSA) is 225 Å². The molecule has 3 aliphatic rings. The number of aryl methyl sites for hydroxylation is 1. The second-order valence-electron chi connectivity index (χ2n) is 16.3. The van der Waals surface area contributed by atoms with Gasteiger partial charge in [-0.3, -0.25) is 28.3 Å². The van der Waals surface area contributed by atoms with Crippen molar-refractivity contribution in [3.8, 4) is 0 Å². The molecule has 1 unspecified atom stereocenters. The zero-order chi connectivity index (χ0) is 46.1. The lowest BCUT2D eigenvalue weighted by Gasteiger charge is -2.31. The number of pyridine rings is 1. The minimum atomic E-state index is -4.66. The maximum atomic E-state index is 13.2. The van der Waals surface area contributed by atoms with Crippen molar-refractivity contribution in [3.05, 3.63) is 119 Å². The van der Waals surface area contributed by atoms with Crippen LogP contribution in [0.1, 0.15) is 90.8 Å². The fraction of sp³-hybridized carbons (Fsp3) is 0.364. The molecule has 19 heteroatoms. The number of carbonyl (C=O) groups excluding carboxylic acids is 4. The van der Waals surface area contributed by atoms with Gasteiger partial charge in [0.1, 0.15) is 6.20 Å². The number of aromatic nitrogens is 1. The summed E-state index contributed by atoms with van der Waals surface area (Å²) < 4.78 is 49.0. The standard InChI is InChI=1S/C44H50N5O12PS/c1-7-8-22-47-28-31(41(52)46(5)60-6)25-34-40(47)45-36(43(34,2)3)12-10-9-11-13-37-44(4,27-29-14-16-30(17-15-29)42(53)61-49-38(50)20-21-39(49)51)33-26-32(63(57,58)59)18-19-35(33)48(37)23-24-62(54,55)56/h9-19,25-26,28H,7-8,20-24,27H2,1-6H3,(H2-,54,55,56,57,58,59)/p+1.